The summed E-state index contributed by atoms with van der Waals surface area (Å²) in [6.07, 6.45) is 7.25. The van der Waals surface area contributed by atoms with E-state index < -0.39 is 0 Å². The zero-order valence-electron chi connectivity index (χ0n) is 15.0. The molecule has 1 saturated heterocycles. The lowest BCUT2D eigenvalue weighted by molar-refractivity contribution is 0.0728. The molecule has 1 unspecified atom stereocenters. The molecule has 0 aliphatic carbocycles. The van der Waals surface area contributed by atoms with E-state index in [1.165, 1.54) is 12.7 Å². The number of rotatable bonds is 4. The predicted molar refractivity (Wildman–Crippen MR) is 94.8 cm³/mol. The molecule has 4 rings (SSSR count). The van der Waals surface area contributed by atoms with E-state index in [0.717, 1.165) is 36.3 Å². The third-order valence-electron chi connectivity index (χ3n) is 5.09. The minimum atomic E-state index is -0.00178. The molecule has 2 aromatic rings. The SMILES string of the molecule is CCOc1ncnc2c1CN(C(=O)c1cn[nH]c1C1CCCCN1)CC2. The second-order valence-corrected chi connectivity index (χ2v) is 6.71. The van der Waals surface area contributed by atoms with E-state index >= 15 is 0 Å². The van der Waals surface area contributed by atoms with Crippen LogP contribution in [0.25, 0.3) is 0 Å². The lowest BCUT2D eigenvalue weighted by atomic mass is 9.98. The van der Waals surface area contributed by atoms with Crippen molar-refractivity contribution in [3.63, 3.8) is 0 Å². The quantitative estimate of drug-likeness (QED) is 0.864. The van der Waals surface area contributed by atoms with Crippen molar-refractivity contribution in [1.82, 2.24) is 30.4 Å². The van der Waals surface area contributed by atoms with E-state index in [4.69, 9.17) is 4.74 Å². The van der Waals surface area contributed by atoms with E-state index in [1.807, 2.05) is 11.8 Å². The Morgan fingerprint density at radius 2 is 2.31 bits per heavy atom. The molecule has 1 fully saturated rings. The predicted octanol–water partition coefficient (Wildman–Crippen LogP) is 1.61. The van der Waals surface area contributed by atoms with E-state index in [-0.39, 0.29) is 11.9 Å². The third-order valence-corrected chi connectivity index (χ3v) is 5.09. The summed E-state index contributed by atoms with van der Waals surface area (Å²) < 4.78 is 5.62. The number of aromatic nitrogens is 4. The highest BCUT2D eigenvalue weighted by Crippen LogP contribution is 2.28. The molecule has 8 nitrogen and oxygen atoms in total. The third kappa shape index (κ3) is 3.16. The van der Waals surface area contributed by atoms with Crippen LogP contribution in [0.1, 0.15) is 59.5 Å². The molecule has 138 valence electrons. The first-order valence-electron chi connectivity index (χ1n) is 9.29. The molecule has 0 bridgehead atoms. The minimum absolute atomic E-state index is 0.00178. The van der Waals surface area contributed by atoms with Gasteiger partial charge in [-0.1, -0.05) is 6.42 Å². The summed E-state index contributed by atoms with van der Waals surface area (Å²) in [7, 11) is 0. The van der Waals surface area contributed by atoms with Crippen LogP contribution >= 0.6 is 0 Å². The topological polar surface area (TPSA) is 96.0 Å². The van der Waals surface area contributed by atoms with Crippen LogP contribution in [-0.4, -0.2) is 50.7 Å². The van der Waals surface area contributed by atoms with Crippen LogP contribution in [0, 0.1) is 0 Å². The van der Waals surface area contributed by atoms with Crippen LogP contribution in [-0.2, 0) is 13.0 Å². The monoisotopic (exact) mass is 356 g/mol. The molecule has 0 saturated carbocycles. The fraction of sp³-hybridized carbons (Fsp3) is 0.556. The van der Waals surface area contributed by atoms with Crippen molar-refractivity contribution in [1.29, 1.82) is 0 Å². The molecular formula is C18H24N6O2. The Balaban J connectivity index is 1.56. The summed E-state index contributed by atoms with van der Waals surface area (Å²) in [5, 5.41) is 10.7. The maximum absolute atomic E-state index is 13.2. The first-order valence-corrected chi connectivity index (χ1v) is 9.29. The fourth-order valence-corrected chi connectivity index (χ4v) is 3.75. The van der Waals surface area contributed by atoms with Gasteiger partial charge >= 0.3 is 0 Å². The summed E-state index contributed by atoms with van der Waals surface area (Å²) in [5.74, 6) is 0.578. The van der Waals surface area contributed by atoms with Crippen molar-refractivity contribution in [2.75, 3.05) is 19.7 Å². The van der Waals surface area contributed by atoms with Gasteiger partial charge in [-0.2, -0.15) is 5.10 Å². The Morgan fingerprint density at radius 3 is 3.12 bits per heavy atom. The van der Waals surface area contributed by atoms with Gasteiger partial charge < -0.3 is 15.0 Å². The highest BCUT2D eigenvalue weighted by Gasteiger charge is 2.30. The second-order valence-electron chi connectivity index (χ2n) is 6.71. The van der Waals surface area contributed by atoms with Crippen molar-refractivity contribution in [2.24, 2.45) is 0 Å². The average Bonchev–Trinajstić information content (AvgIpc) is 3.18. The van der Waals surface area contributed by atoms with E-state index in [9.17, 15) is 4.79 Å². The Hall–Kier alpha value is -2.48. The number of H-pyrrole nitrogens is 1. The zero-order chi connectivity index (χ0) is 17.9. The summed E-state index contributed by atoms with van der Waals surface area (Å²) in [4.78, 5) is 23.6. The summed E-state index contributed by atoms with van der Waals surface area (Å²) in [6, 6.07) is 0.171. The number of carbonyl (C=O) groups is 1. The number of amides is 1. The number of aromatic amines is 1. The van der Waals surface area contributed by atoms with Crippen LogP contribution in [0.3, 0.4) is 0 Å². The molecule has 0 aromatic carbocycles. The van der Waals surface area contributed by atoms with Crippen LogP contribution in [0.2, 0.25) is 0 Å². The van der Waals surface area contributed by atoms with Crippen molar-refractivity contribution >= 4 is 5.91 Å². The van der Waals surface area contributed by atoms with Crippen LogP contribution in [0.15, 0.2) is 12.5 Å². The molecule has 1 atom stereocenters. The zero-order valence-corrected chi connectivity index (χ0v) is 15.0. The highest BCUT2D eigenvalue weighted by atomic mass is 16.5. The molecule has 0 radical (unpaired) electrons. The van der Waals surface area contributed by atoms with Gasteiger partial charge in [0.25, 0.3) is 5.91 Å². The number of fused-ring (bicyclic) bond motifs is 1. The second kappa shape index (κ2) is 7.41. The maximum Gasteiger partial charge on any atom is 0.257 e. The number of carbonyl (C=O) groups excluding carboxylic acids is 1. The Bertz CT molecular complexity index is 784. The smallest absolute Gasteiger partial charge is 0.257 e. The van der Waals surface area contributed by atoms with Gasteiger partial charge in [-0.05, 0) is 26.3 Å². The molecule has 2 aliphatic rings. The van der Waals surface area contributed by atoms with Gasteiger partial charge in [-0.3, -0.25) is 9.89 Å². The van der Waals surface area contributed by atoms with E-state index in [0.29, 0.717) is 37.6 Å². The van der Waals surface area contributed by atoms with Gasteiger partial charge in [0.15, 0.2) is 0 Å². The number of piperidine rings is 1. The molecule has 2 aliphatic heterocycles. The van der Waals surface area contributed by atoms with Crippen LogP contribution in [0.5, 0.6) is 5.88 Å². The molecule has 1 amide bonds. The Kier molecular flexibility index (Phi) is 4.83. The highest BCUT2D eigenvalue weighted by molar-refractivity contribution is 5.95. The fourth-order valence-electron chi connectivity index (χ4n) is 3.75. The summed E-state index contributed by atoms with van der Waals surface area (Å²) in [5.41, 5.74) is 3.43. The average molecular weight is 356 g/mol. The van der Waals surface area contributed by atoms with Crippen molar-refractivity contribution in [2.45, 2.75) is 45.2 Å². The van der Waals surface area contributed by atoms with Crippen LogP contribution < -0.4 is 10.1 Å². The number of ether oxygens (including phenoxy) is 1. The number of hydrogen-bond donors (Lipinski definition) is 2. The van der Waals surface area contributed by atoms with Crippen molar-refractivity contribution in [3.05, 3.63) is 35.0 Å². The normalized spacial score (nSPS) is 19.9. The van der Waals surface area contributed by atoms with Gasteiger partial charge in [0.1, 0.15) is 6.33 Å². The Morgan fingerprint density at radius 1 is 1.38 bits per heavy atom. The first kappa shape index (κ1) is 17.0. The molecule has 0 spiro atoms. The van der Waals surface area contributed by atoms with E-state index in [2.05, 4.69) is 25.5 Å². The van der Waals surface area contributed by atoms with Gasteiger partial charge in [-0.25, -0.2) is 9.97 Å². The number of nitrogens with one attached hydrogen (secondary N) is 2. The molecule has 8 heteroatoms. The van der Waals surface area contributed by atoms with E-state index in [1.54, 1.807) is 6.20 Å². The lowest BCUT2D eigenvalue weighted by Gasteiger charge is -2.29. The van der Waals surface area contributed by atoms with Gasteiger partial charge in [-0.15, -0.1) is 0 Å². The van der Waals surface area contributed by atoms with Crippen molar-refractivity contribution in [3.8, 4) is 5.88 Å². The number of hydrogen-bond acceptors (Lipinski definition) is 6. The maximum atomic E-state index is 13.2. The summed E-state index contributed by atoms with van der Waals surface area (Å²) >= 11 is 0. The largest absolute Gasteiger partial charge is 0.478 e. The molecule has 2 aromatic heterocycles. The molecular weight excluding hydrogens is 332 g/mol. The molecule has 2 N–H and O–H groups in total. The molecule has 26 heavy (non-hydrogen) atoms. The molecule has 4 heterocycles. The van der Waals surface area contributed by atoms with Crippen LogP contribution in [0.4, 0.5) is 0 Å². The lowest BCUT2D eigenvalue weighted by Crippen LogP contribution is -2.38. The Labute approximate surface area is 152 Å². The van der Waals surface area contributed by atoms with Gasteiger partial charge in [0, 0.05) is 19.0 Å². The number of nitrogens with zero attached hydrogens (tertiary/aromatic N) is 4. The van der Waals surface area contributed by atoms with Gasteiger partial charge in [0.05, 0.1) is 41.9 Å². The minimum Gasteiger partial charge on any atom is -0.478 e. The van der Waals surface area contributed by atoms with Crippen molar-refractivity contribution < 1.29 is 9.53 Å². The standard InChI is InChI=1S/C18H24N6O2/c1-2-26-17-13-10-24(8-6-14(13)20-11-21-17)18(25)12-9-22-23-16(12)15-5-3-4-7-19-15/h9,11,15,19H,2-8,10H2,1H3,(H,22,23). The first-order chi connectivity index (χ1) is 12.8. The summed E-state index contributed by atoms with van der Waals surface area (Å²) in [6.45, 7) is 4.54. The van der Waals surface area contributed by atoms with Gasteiger partial charge in [0.2, 0.25) is 5.88 Å².